The van der Waals surface area contributed by atoms with Crippen molar-refractivity contribution in [2.24, 2.45) is 0 Å². The van der Waals surface area contributed by atoms with E-state index in [1.54, 1.807) is 0 Å². The average molecular weight is 341 g/mol. The van der Waals surface area contributed by atoms with E-state index in [1.807, 2.05) is 12.1 Å². The smallest absolute Gasteiger partial charge is 0.191 e. The third-order valence-corrected chi connectivity index (χ3v) is 5.64. The second kappa shape index (κ2) is 6.71. The lowest BCUT2D eigenvalue weighted by molar-refractivity contribution is 0.102. The molecule has 2 saturated carbocycles. The van der Waals surface area contributed by atoms with Crippen molar-refractivity contribution in [3.8, 4) is 0 Å². The van der Waals surface area contributed by atoms with Crippen LogP contribution < -0.4 is 0 Å². The zero-order chi connectivity index (χ0) is 16.5. The second-order valence-corrected chi connectivity index (χ2v) is 7.82. The van der Waals surface area contributed by atoms with E-state index in [1.165, 1.54) is 43.0 Å². The van der Waals surface area contributed by atoms with Gasteiger partial charge >= 0.3 is 0 Å². The number of carbonyl (C=O) groups is 1. The maximum absolute atomic E-state index is 12.5. The van der Waals surface area contributed by atoms with E-state index in [0.717, 1.165) is 29.4 Å². The molecule has 0 spiro atoms. The molecule has 1 aromatic heterocycles. The number of rotatable bonds is 8. The fourth-order valence-corrected chi connectivity index (χ4v) is 3.95. The first-order valence-corrected chi connectivity index (χ1v) is 9.94. The molecule has 1 heterocycles. The van der Waals surface area contributed by atoms with Crippen molar-refractivity contribution in [2.45, 2.75) is 62.6 Å². The van der Waals surface area contributed by atoms with Crippen molar-refractivity contribution < 1.29 is 4.79 Å². The van der Waals surface area contributed by atoms with Gasteiger partial charge in [-0.1, -0.05) is 49.4 Å². The van der Waals surface area contributed by atoms with Gasteiger partial charge in [0.1, 0.15) is 5.82 Å². The van der Waals surface area contributed by atoms with E-state index in [4.69, 9.17) is 0 Å². The lowest BCUT2D eigenvalue weighted by Gasteiger charge is -2.08. The van der Waals surface area contributed by atoms with Gasteiger partial charge in [-0.3, -0.25) is 4.79 Å². The van der Waals surface area contributed by atoms with Gasteiger partial charge in [-0.05, 0) is 37.7 Å². The van der Waals surface area contributed by atoms with Crippen molar-refractivity contribution in [2.75, 3.05) is 5.75 Å². The van der Waals surface area contributed by atoms with Gasteiger partial charge in [-0.2, -0.15) is 0 Å². The number of nitrogens with zero attached hydrogens (tertiary/aromatic N) is 3. The molecule has 5 heteroatoms. The Balaban J connectivity index is 1.42. The number of benzene rings is 1. The van der Waals surface area contributed by atoms with E-state index in [2.05, 4.69) is 33.8 Å². The average Bonchev–Trinajstić information content (AvgIpc) is 3.52. The molecule has 4 nitrogen and oxygen atoms in total. The zero-order valence-electron chi connectivity index (χ0n) is 14.1. The summed E-state index contributed by atoms with van der Waals surface area (Å²) in [5.74, 6) is 2.36. The van der Waals surface area contributed by atoms with Crippen molar-refractivity contribution in [1.82, 2.24) is 14.8 Å². The highest BCUT2D eigenvalue weighted by Gasteiger charge is 2.36. The molecule has 24 heavy (non-hydrogen) atoms. The molecule has 2 aliphatic rings. The first-order valence-electron chi connectivity index (χ1n) is 8.96. The number of ketones is 1. The Morgan fingerprint density at radius 1 is 1.17 bits per heavy atom. The van der Waals surface area contributed by atoms with Gasteiger partial charge < -0.3 is 4.57 Å². The fraction of sp³-hybridized carbons (Fsp3) is 0.526. The Labute approximate surface area is 147 Å². The number of aromatic nitrogens is 3. The zero-order valence-corrected chi connectivity index (χ0v) is 14.9. The first-order chi connectivity index (χ1) is 11.8. The van der Waals surface area contributed by atoms with Gasteiger partial charge in [0.15, 0.2) is 10.9 Å². The van der Waals surface area contributed by atoms with E-state index in [-0.39, 0.29) is 5.78 Å². The topological polar surface area (TPSA) is 47.8 Å². The highest BCUT2D eigenvalue weighted by molar-refractivity contribution is 7.99. The fourth-order valence-electron chi connectivity index (χ4n) is 3.04. The summed E-state index contributed by atoms with van der Waals surface area (Å²) in [6.07, 6.45) is 7.11. The standard InChI is InChI=1S/C19H23N3OS/c1-2-3-13-4-6-14(7-5-13)17(23)12-24-19-21-20-18(15-8-9-15)22(19)16-10-11-16/h4-7,15-16H,2-3,8-12H2,1H3. The van der Waals surface area contributed by atoms with Gasteiger partial charge in [0, 0.05) is 17.5 Å². The minimum Gasteiger partial charge on any atom is -0.303 e. The van der Waals surface area contributed by atoms with Gasteiger partial charge in [0.05, 0.1) is 5.75 Å². The van der Waals surface area contributed by atoms with Crippen LogP contribution in [0.5, 0.6) is 0 Å². The van der Waals surface area contributed by atoms with Gasteiger partial charge in [0.2, 0.25) is 0 Å². The molecule has 1 aromatic carbocycles. The molecule has 2 fully saturated rings. The van der Waals surface area contributed by atoms with E-state index in [9.17, 15) is 4.79 Å². The van der Waals surface area contributed by atoms with Crippen LogP contribution in [-0.4, -0.2) is 26.3 Å². The van der Waals surface area contributed by atoms with Crippen LogP contribution in [0.1, 0.15) is 72.7 Å². The molecule has 0 N–H and O–H groups in total. The second-order valence-electron chi connectivity index (χ2n) is 6.87. The summed E-state index contributed by atoms with van der Waals surface area (Å²) in [4.78, 5) is 12.5. The van der Waals surface area contributed by atoms with Crippen molar-refractivity contribution in [3.63, 3.8) is 0 Å². The van der Waals surface area contributed by atoms with Crippen LogP contribution in [0.15, 0.2) is 29.4 Å². The van der Waals surface area contributed by atoms with Gasteiger partial charge in [-0.15, -0.1) is 10.2 Å². The normalized spacial score (nSPS) is 17.2. The molecule has 0 saturated heterocycles. The molecule has 0 unspecified atom stereocenters. The predicted molar refractivity (Wildman–Crippen MR) is 95.8 cm³/mol. The molecule has 2 aromatic rings. The van der Waals surface area contributed by atoms with Gasteiger partial charge in [0.25, 0.3) is 0 Å². The van der Waals surface area contributed by atoms with Crippen molar-refractivity contribution in [3.05, 3.63) is 41.2 Å². The van der Waals surface area contributed by atoms with E-state index < -0.39 is 0 Å². The first kappa shape index (κ1) is 15.9. The monoisotopic (exact) mass is 341 g/mol. The Bertz CT molecular complexity index is 730. The van der Waals surface area contributed by atoms with Crippen LogP contribution in [-0.2, 0) is 6.42 Å². The minimum atomic E-state index is 0.168. The maximum Gasteiger partial charge on any atom is 0.191 e. The number of Topliss-reactive ketones (excluding diaryl/α,β-unsaturated/α-hetero) is 1. The van der Waals surface area contributed by atoms with Crippen LogP contribution in [0.25, 0.3) is 0 Å². The molecule has 0 bridgehead atoms. The van der Waals surface area contributed by atoms with Crippen molar-refractivity contribution in [1.29, 1.82) is 0 Å². The third-order valence-electron chi connectivity index (χ3n) is 4.69. The predicted octanol–water partition coefficient (Wildman–Crippen LogP) is 4.42. The third kappa shape index (κ3) is 3.41. The Hall–Kier alpha value is -1.62. The summed E-state index contributed by atoms with van der Waals surface area (Å²) in [7, 11) is 0. The van der Waals surface area contributed by atoms with Crippen LogP contribution in [0.3, 0.4) is 0 Å². The number of thioether (sulfide) groups is 1. The summed E-state index contributed by atoms with van der Waals surface area (Å²) in [6.45, 7) is 2.17. The van der Waals surface area contributed by atoms with Crippen molar-refractivity contribution >= 4 is 17.5 Å². The molecule has 126 valence electrons. The Morgan fingerprint density at radius 2 is 1.92 bits per heavy atom. The molecule has 0 atom stereocenters. The highest BCUT2D eigenvalue weighted by Crippen LogP contribution is 2.46. The lowest BCUT2D eigenvalue weighted by atomic mass is 10.1. The molecule has 0 radical (unpaired) electrons. The number of hydrogen-bond acceptors (Lipinski definition) is 4. The molecule has 0 aliphatic heterocycles. The molecule has 0 amide bonds. The quantitative estimate of drug-likeness (QED) is 0.527. The van der Waals surface area contributed by atoms with E-state index >= 15 is 0 Å². The lowest BCUT2D eigenvalue weighted by Crippen LogP contribution is -2.06. The van der Waals surface area contributed by atoms with E-state index in [0.29, 0.717) is 17.7 Å². The SMILES string of the molecule is CCCc1ccc(C(=O)CSc2nnc(C3CC3)n2C2CC2)cc1. The van der Waals surface area contributed by atoms with Crippen LogP contribution in [0.4, 0.5) is 0 Å². The summed E-state index contributed by atoms with van der Waals surface area (Å²) < 4.78 is 2.31. The number of aryl methyl sites for hydroxylation is 1. The van der Waals surface area contributed by atoms with Crippen LogP contribution in [0, 0.1) is 0 Å². The summed E-state index contributed by atoms with van der Waals surface area (Å²) in [5, 5.41) is 9.70. The number of hydrogen-bond donors (Lipinski definition) is 0. The molecular weight excluding hydrogens is 318 g/mol. The molecule has 2 aliphatic carbocycles. The maximum atomic E-state index is 12.5. The van der Waals surface area contributed by atoms with Crippen LogP contribution >= 0.6 is 11.8 Å². The minimum absolute atomic E-state index is 0.168. The Kier molecular flexibility index (Phi) is 4.44. The largest absolute Gasteiger partial charge is 0.303 e. The molecular formula is C19H23N3OS. The van der Waals surface area contributed by atoms with Crippen LogP contribution in [0.2, 0.25) is 0 Å². The highest BCUT2D eigenvalue weighted by atomic mass is 32.2. The summed E-state index contributed by atoms with van der Waals surface area (Å²) >= 11 is 1.54. The summed E-state index contributed by atoms with van der Waals surface area (Å²) in [5.41, 5.74) is 2.09. The Morgan fingerprint density at radius 3 is 2.54 bits per heavy atom. The summed E-state index contributed by atoms with van der Waals surface area (Å²) in [6, 6.07) is 8.62. The number of carbonyl (C=O) groups excluding carboxylic acids is 1. The molecule has 4 rings (SSSR count). The van der Waals surface area contributed by atoms with Gasteiger partial charge in [-0.25, -0.2) is 0 Å².